The number of hydrogen-bond acceptors (Lipinski definition) is 3. The molecule has 2 atom stereocenters. The van der Waals surface area contributed by atoms with Crippen molar-refractivity contribution in [3.8, 4) is 0 Å². The van der Waals surface area contributed by atoms with Crippen molar-refractivity contribution in [2.45, 2.75) is 12.8 Å². The van der Waals surface area contributed by atoms with Crippen molar-refractivity contribution in [2.75, 3.05) is 13.1 Å². The van der Waals surface area contributed by atoms with Gasteiger partial charge in [-0.2, -0.15) is 0 Å². The van der Waals surface area contributed by atoms with E-state index in [0.29, 0.717) is 11.8 Å². The normalized spacial score (nSPS) is 31.2. The van der Waals surface area contributed by atoms with Gasteiger partial charge in [0.05, 0.1) is 0 Å². The number of fused-ring (bicyclic) bond motifs is 5. The highest BCUT2D eigenvalue weighted by molar-refractivity contribution is 5.99. The van der Waals surface area contributed by atoms with E-state index in [0.717, 1.165) is 31.6 Å². The quantitative estimate of drug-likeness (QED) is 0.561. The molecule has 1 amide bonds. The number of rotatable bonds is 3. The zero-order valence-electron chi connectivity index (χ0n) is 10.8. The van der Waals surface area contributed by atoms with Gasteiger partial charge in [0.25, 0.3) is 0 Å². The van der Waals surface area contributed by atoms with Gasteiger partial charge in [-0.15, -0.1) is 0 Å². The molecular weight excluding hydrogens is 238 g/mol. The highest BCUT2D eigenvalue weighted by atomic mass is 16.1. The average Bonchev–Trinajstić information content (AvgIpc) is 2.70. The lowest BCUT2D eigenvalue weighted by atomic mass is 9.93. The molecule has 0 aromatic rings. The summed E-state index contributed by atoms with van der Waals surface area (Å²) in [5, 5.41) is 0. The van der Waals surface area contributed by atoms with Crippen LogP contribution in [0.1, 0.15) is 12.8 Å². The summed E-state index contributed by atoms with van der Waals surface area (Å²) in [6.07, 6.45) is 10.8. The Balaban J connectivity index is 1.86. The summed E-state index contributed by atoms with van der Waals surface area (Å²) in [6.45, 7) is 5.10. The fraction of sp³-hybridized carbons (Fsp3) is 0.400. The Morgan fingerprint density at radius 3 is 2.79 bits per heavy atom. The summed E-state index contributed by atoms with van der Waals surface area (Å²) in [7, 11) is 0. The van der Waals surface area contributed by atoms with Gasteiger partial charge in [0, 0.05) is 49.5 Å². The third-order valence-electron chi connectivity index (χ3n) is 4.11. The number of amides is 1. The summed E-state index contributed by atoms with van der Waals surface area (Å²) in [5.41, 5.74) is 3.89. The zero-order valence-corrected chi connectivity index (χ0v) is 10.8. The average molecular weight is 255 g/mol. The Bertz CT molecular complexity index is 528. The van der Waals surface area contributed by atoms with Crippen LogP contribution in [-0.2, 0) is 4.79 Å². The highest BCUT2D eigenvalue weighted by Crippen LogP contribution is 2.46. The van der Waals surface area contributed by atoms with Crippen LogP contribution in [0.15, 0.2) is 45.7 Å². The molecule has 98 valence electrons. The predicted octanol–water partition coefficient (Wildman–Crippen LogP) is 1.96. The van der Waals surface area contributed by atoms with Crippen molar-refractivity contribution < 1.29 is 4.79 Å². The van der Waals surface area contributed by atoms with E-state index in [9.17, 15) is 4.79 Å². The third kappa shape index (κ3) is 2.18. The van der Waals surface area contributed by atoms with Gasteiger partial charge in [0.15, 0.2) is 0 Å². The summed E-state index contributed by atoms with van der Waals surface area (Å²) in [4.78, 5) is 20.9. The van der Waals surface area contributed by atoms with Crippen LogP contribution in [0.4, 0.5) is 0 Å². The fourth-order valence-electron chi connectivity index (χ4n) is 3.35. The predicted molar refractivity (Wildman–Crippen MR) is 76.1 cm³/mol. The molecule has 1 saturated carbocycles. The Morgan fingerprint density at radius 2 is 2.05 bits per heavy atom. The van der Waals surface area contributed by atoms with Gasteiger partial charge < -0.3 is 4.90 Å². The maximum Gasteiger partial charge on any atom is 0.209 e. The number of aliphatic imine (C=N–C) groups is 2. The van der Waals surface area contributed by atoms with E-state index in [4.69, 9.17) is 0 Å². The first kappa shape index (κ1) is 12.1. The molecule has 0 aromatic heterocycles. The molecule has 19 heavy (non-hydrogen) atoms. The van der Waals surface area contributed by atoms with Crippen LogP contribution in [-0.4, -0.2) is 36.8 Å². The standard InChI is InChI=1S/C15H17N3O/c1-16-4-5-17-13-2-3-14-11-6-12(15(14)7-13)9-18(8-11)10-19/h3-5,7,10-12H,1-2,6,8-9H2/b5-4-,17-13?. The van der Waals surface area contributed by atoms with E-state index in [2.05, 4.69) is 28.9 Å². The Morgan fingerprint density at radius 1 is 1.26 bits per heavy atom. The van der Waals surface area contributed by atoms with Crippen molar-refractivity contribution in [1.29, 1.82) is 0 Å². The molecule has 1 aliphatic heterocycles. The molecule has 1 heterocycles. The number of nitrogens with zero attached hydrogens (tertiary/aromatic N) is 3. The van der Waals surface area contributed by atoms with E-state index in [1.807, 2.05) is 4.90 Å². The molecule has 2 bridgehead atoms. The number of carbonyl (C=O) groups excluding carboxylic acids is 1. The number of allylic oxidation sites excluding steroid dienone is 2. The van der Waals surface area contributed by atoms with Gasteiger partial charge in [-0.1, -0.05) is 6.08 Å². The maximum atomic E-state index is 11.0. The van der Waals surface area contributed by atoms with Crippen LogP contribution in [0.3, 0.4) is 0 Å². The minimum Gasteiger partial charge on any atom is -0.344 e. The second-order valence-corrected chi connectivity index (χ2v) is 5.25. The third-order valence-corrected chi connectivity index (χ3v) is 4.11. The molecular formula is C15H17N3O. The largest absolute Gasteiger partial charge is 0.344 e. The first-order chi connectivity index (χ1) is 9.31. The molecule has 0 radical (unpaired) electrons. The van der Waals surface area contributed by atoms with Crippen molar-refractivity contribution in [3.05, 3.63) is 35.7 Å². The van der Waals surface area contributed by atoms with Crippen LogP contribution in [0.5, 0.6) is 0 Å². The maximum absolute atomic E-state index is 11.0. The molecule has 2 fully saturated rings. The van der Waals surface area contributed by atoms with E-state index < -0.39 is 0 Å². The van der Waals surface area contributed by atoms with Gasteiger partial charge in [0.2, 0.25) is 6.41 Å². The summed E-state index contributed by atoms with van der Waals surface area (Å²) >= 11 is 0. The minimum absolute atomic E-state index is 0.488. The Hall–Kier alpha value is -1.97. The lowest BCUT2D eigenvalue weighted by molar-refractivity contribution is -0.119. The fourth-order valence-corrected chi connectivity index (χ4v) is 3.35. The van der Waals surface area contributed by atoms with Crippen molar-refractivity contribution in [3.63, 3.8) is 0 Å². The molecule has 3 rings (SSSR count). The summed E-state index contributed by atoms with van der Waals surface area (Å²) in [6, 6.07) is 0. The van der Waals surface area contributed by atoms with Gasteiger partial charge in [-0.05, 0) is 30.4 Å². The molecule has 0 aromatic carbocycles. The van der Waals surface area contributed by atoms with Crippen molar-refractivity contribution in [1.82, 2.24) is 4.90 Å². The highest BCUT2D eigenvalue weighted by Gasteiger charge is 2.40. The Labute approximate surface area is 112 Å². The van der Waals surface area contributed by atoms with Gasteiger partial charge in [-0.3, -0.25) is 14.8 Å². The molecule has 0 N–H and O–H groups in total. The van der Waals surface area contributed by atoms with Crippen LogP contribution < -0.4 is 0 Å². The molecule has 2 unspecified atom stereocenters. The van der Waals surface area contributed by atoms with Crippen LogP contribution in [0.25, 0.3) is 0 Å². The molecule has 2 aliphatic carbocycles. The van der Waals surface area contributed by atoms with E-state index in [1.54, 1.807) is 12.4 Å². The minimum atomic E-state index is 0.488. The molecule has 0 spiro atoms. The zero-order chi connectivity index (χ0) is 13.2. The number of likely N-dealkylation sites (tertiary alicyclic amines) is 1. The van der Waals surface area contributed by atoms with Gasteiger partial charge in [-0.25, -0.2) is 0 Å². The van der Waals surface area contributed by atoms with Crippen LogP contribution >= 0.6 is 0 Å². The molecule has 3 aliphatic rings. The summed E-state index contributed by atoms with van der Waals surface area (Å²) in [5.74, 6) is 1.02. The number of piperidine rings is 1. The molecule has 4 nitrogen and oxygen atoms in total. The first-order valence-electron chi connectivity index (χ1n) is 6.60. The lowest BCUT2D eigenvalue weighted by Gasteiger charge is -2.27. The van der Waals surface area contributed by atoms with Crippen molar-refractivity contribution in [2.24, 2.45) is 21.8 Å². The van der Waals surface area contributed by atoms with E-state index >= 15 is 0 Å². The first-order valence-corrected chi connectivity index (χ1v) is 6.60. The smallest absolute Gasteiger partial charge is 0.209 e. The summed E-state index contributed by atoms with van der Waals surface area (Å²) < 4.78 is 0. The SMILES string of the molecule is C=N/C=C\N=C1C=C2C(=CC1)C1CC2CN(C=O)C1. The monoisotopic (exact) mass is 255 g/mol. The topological polar surface area (TPSA) is 45.0 Å². The second kappa shape index (κ2) is 4.96. The molecule has 1 saturated heterocycles. The number of carbonyl (C=O) groups is 1. The van der Waals surface area contributed by atoms with E-state index in [1.165, 1.54) is 17.6 Å². The van der Waals surface area contributed by atoms with Gasteiger partial charge in [0.1, 0.15) is 0 Å². The second-order valence-electron chi connectivity index (χ2n) is 5.25. The molecule has 4 heteroatoms. The van der Waals surface area contributed by atoms with Gasteiger partial charge >= 0.3 is 0 Å². The number of hydrogen-bond donors (Lipinski definition) is 0. The Kier molecular flexibility index (Phi) is 3.15. The van der Waals surface area contributed by atoms with Crippen LogP contribution in [0.2, 0.25) is 0 Å². The van der Waals surface area contributed by atoms with Crippen molar-refractivity contribution >= 4 is 18.8 Å². The van der Waals surface area contributed by atoms with Crippen LogP contribution in [0, 0.1) is 11.8 Å². The van der Waals surface area contributed by atoms with E-state index in [-0.39, 0.29) is 0 Å². The lowest BCUT2D eigenvalue weighted by Crippen LogP contribution is -2.35.